The minimum absolute atomic E-state index is 0.202. The Labute approximate surface area is 162 Å². The molecule has 1 aromatic heterocycles. The summed E-state index contributed by atoms with van der Waals surface area (Å²) < 4.78 is 3.36. The first-order valence-electron chi connectivity index (χ1n) is 8.57. The number of aryl methyl sites for hydroxylation is 1. The molecule has 0 aliphatic carbocycles. The Hall–Kier alpha value is -1.18. The Morgan fingerprint density at radius 3 is 2.68 bits per heavy atom. The van der Waals surface area contributed by atoms with Crippen LogP contribution in [0.3, 0.4) is 0 Å². The van der Waals surface area contributed by atoms with E-state index in [1.54, 1.807) is 4.68 Å². The number of nitrogens with zero attached hydrogens (tertiary/aromatic N) is 3. The van der Waals surface area contributed by atoms with E-state index in [-0.39, 0.29) is 5.91 Å². The number of carbonyl (C=O) groups excluding carboxylic acids is 1. The van der Waals surface area contributed by atoms with Crippen molar-refractivity contribution in [2.24, 2.45) is 0 Å². The van der Waals surface area contributed by atoms with Crippen LogP contribution < -0.4 is 0 Å². The van der Waals surface area contributed by atoms with Crippen molar-refractivity contribution in [3.05, 3.63) is 33.8 Å². The molecule has 2 aromatic rings. The van der Waals surface area contributed by atoms with Gasteiger partial charge in [-0.05, 0) is 63.9 Å². The monoisotopic (exact) mass is 393 g/mol. The molecule has 0 bridgehead atoms. The van der Waals surface area contributed by atoms with E-state index >= 15 is 0 Å². The van der Waals surface area contributed by atoms with Gasteiger partial charge < -0.3 is 4.90 Å². The Morgan fingerprint density at radius 2 is 2.00 bits per heavy atom. The second kappa shape index (κ2) is 8.01. The summed E-state index contributed by atoms with van der Waals surface area (Å²) >= 11 is 8.42. The molecule has 134 valence electrons. The molecule has 1 saturated heterocycles. The molecular formula is C18H23N3OS3. The lowest BCUT2D eigenvalue weighted by molar-refractivity contribution is -0.134. The number of benzene rings is 1. The van der Waals surface area contributed by atoms with Gasteiger partial charge in [0.05, 0.1) is 11.4 Å². The van der Waals surface area contributed by atoms with Gasteiger partial charge in [-0.2, -0.15) is 0 Å². The lowest BCUT2D eigenvalue weighted by Crippen LogP contribution is -2.48. The first-order chi connectivity index (χ1) is 12.0. The molecule has 4 nitrogen and oxygen atoms in total. The number of para-hydroxylation sites is 1. The Kier molecular flexibility index (Phi) is 5.96. The molecule has 0 unspecified atom stereocenters. The van der Waals surface area contributed by atoms with Crippen molar-refractivity contribution in [3.63, 3.8) is 0 Å². The molecule has 1 aliphatic heterocycles. The highest BCUT2D eigenvalue weighted by molar-refractivity contribution is 8.01. The van der Waals surface area contributed by atoms with Gasteiger partial charge in [0.1, 0.15) is 0 Å². The molecule has 25 heavy (non-hydrogen) atoms. The van der Waals surface area contributed by atoms with E-state index in [0.717, 1.165) is 28.4 Å². The zero-order chi connectivity index (χ0) is 18.0. The van der Waals surface area contributed by atoms with E-state index in [4.69, 9.17) is 12.2 Å². The zero-order valence-corrected chi connectivity index (χ0v) is 17.2. The van der Waals surface area contributed by atoms with Gasteiger partial charge in [-0.15, -0.1) is 5.10 Å². The number of likely N-dealkylation sites (tertiary alicyclic amines) is 1. The van der Waals surface area contributed by atoms with Crippen molar-refractivity contribution >= 4 is 41.2 Å². The number of hydrogen-bond acceptors (Lipinski definition) is 5. The molecule has 1 aliphatic rings. The Bertz CT molecular complexity index is 804. The lowest BCUT2D eigenvalue weighted by atomic mass is 9.98. The van der Waals surface area contributed by atoms with Crippen LogP contribution in [0.15, 0.2) is 28.6 Å². The predicted molar refractivity (Wildman–Crippen MR) is 107 cm³/mol. The van der Waals surface area contributed by atoms with Crippen LogP contribution in [0.25, 0.3) is 5.69 Å². The van der Waals surface area contributed by atoms with E-state index in [0.29, 0.717) is 21.8 Å². The molecule has 1 fully saturated rings. The summed E-state index contributed by atoms with van der Waals surface area (Å²) in [6.07, 6.45) is 3.41. The van der Waals surface area contributed by atoms with E-state index in [2.05, 4.69) is 18.9 Å². The molecule has 2 atom stereocenters. The highest BCUT2D eigenvalue weighted by atomic mass is 32.2. The van der Waals surface area contributed by atoms with Gasteiger partial charge in [0, 0.05) is 12.1 Å². The standard InChI is InChI=1S/C18H23N3OS3/c1-12-7-4-5-10-15(12)21-18(23)25-17(19-21)24-11-16(22)20-13(2)8-6-9-14(20)3/h4-5,7,10,13-14H,6,8-9,11H2,1-3H3/t13-,14+. The molecule has 2 heterocycles. The third-order valence-electron chi connectivity index (χ3n) is 4.67. The van der Waals surface area contributed by atoms with Gasteiger partial charge in [-0.25, -0.2) is 4.68 Å². The fraction of sp³-hybridized carbons (Fsp3) is 0.500. The summed E-state index contributed by atoms with van der Waals surface area (Å²) in [6, 6.07) is 8.72. The number of thioether (sulfide) groups is 1. The summed E-state index contributed by atoms with van der Waals surface area (Å²) in [5.41, 5.74) is 2.13. The van der Waals surface area contributed by atoms with E-state index in [1.165, 1.54) is 29.5 Å². The topological polar surface area (TPSA) is 38.1 Å². The van der Waals surface area contributed by atoms with Crippen LogP contribution in [0.2, 0.25) is 0 Å². The van der Waals surface area contributed by atoms with E-state index in [1.807, 2.05) is 36.1 Å². The average Bonchev–Trinajstić information content (AvgIpc) is 2.94. The second-order valence-corrected chi connectivity index (χ2v) is 9.40. The van der Waals surface area contributed by atoms with Crippen molar-refractivity contribution in [2.75, 3.05) is 5.75 Å². The van der Waals surface area contributed by atoms with Crippen molar-refractivity contribution in [1.29, 1.82) is 0 Å². The number of amides is 1. The third kappa shape index (κ3) is 4.15. The molecule has 0 radical (unpaired) electrons. The van der Waals surface area contributed by atoms with E-state index < -0.39 is 0 Å². The van der Waals surface area contributed by atoms with Gasteiger partial charge in [-0.3, -0.25) is 4.79 Å². The van der Waals surface area contributed by atoms with Gasteiger partial charge in [0.25, 0.3) is 0 Å². The molecule has 0 N–H and O–H groups in total. The number of carbonyl (C=O) groups is 1. The quantitative estimate of drug-likeness (QED) is 0.549. The summed E-state index contributed by atoms with van der Waals surface area (Å²) in [6.45, 7) is 6.34. The van der Waals surface area contributed by atoms with Crippen molar-refractivity contribution < 1.29 is 4.79 Å². The summed E-state index contributed by atoms with van der Waals surface area (Å²) in [7, 11) is 0. The van der Waals surface area contributed by atoms with E-state index in [9.17, 15) is 4.79 Å². The molecule has 7 heteroatoms. The minimum Gasteiger partial charge on any atom is -0.337 e. The summed E-state index contributed by atoms with van der Waals surface area (Å²) in [5, 5.41) is 4.62. The fourth-order valence-electron chi connectivity index (χ4n) is 3.38. The lowest BCUT2D eigenvalue weighted by Gasteiger charge is -2.39. The number of piperidine rings is 1. The largest absolute Gasteiger partial charge is 0.337 e. The van der Waals surface area contributed by atoms with Crippen LogP contribution in [-0.4, -0.2) is 38.4 Å². The molecule has 0 saturated carbocycles. The zero-order valence-electron chi connectivity index (χ0n) is 14.8. The highest BCUT2D eigenvalue weighted by Crippen LogP contribution is 2.28. The number of hydrogen-bond donors (Lipinski definition) is 0. The van der Waals surface area contributed by atoms with Crippen LogP contribution >= 0.6 is 35.3 Å². The molecule has 1 amide bonds. The maximum absolute atomic E-state index is 12.7. The normalized spacial score (nSPS) is 20.7. The first kappa shape index (κ1) is 18.6. The van der Waals surface area contributed by atoms with Gasteiger partial charge in [-0.1, -0.05) is 41.3 Å². The van der Waals surface area contributed by atoms with Gasteiger partial charge >= 0.3 is 0 Å². The van der Waals surface area contributed by atoms with Gasteiger partial charge in [0.15, 0.2) is 8.29 Å². The summed E-state index contributed by atoms with van der Waals surface area (Å²) in [5.74, 6) is 0.623. The highest BCUT2D eigenvalue weighted by Gasteiger charge is 2.28. The average molecular weight is 394 g/mol. The molecular weight excluding hydrogens is 370 g/mol. The molecule has 3 rings (SSSR count). The summed E-state index contributed by atoms with van der Waals surface area (Å²) in [4.78, 5) is 14.7. The fourth-order valence-corrected chi connectivity index (χ4v) is 5.60. The number of aromatic nitrogens is 2. The number of rotatable bonds is 4. The maximum atomic E-state index is 12.7. The smallest absolute Gasteiger partial charge is 0.233 e. The Balaban J connectivity index is 1.70. The van der Waals surface area contributed by atoms with Crippen LogP contribution in [0, 0.1) is 10.9 Å². The van der Waals surface area contributed by atoms with Crippen molar-refractivity contribution in [3.8, 4) is 5.69 Å². The van der Waals surface area contributed by atoms with Gasteiger partial charge in [0.2, 0.25) is 5.91 Å². The second-order valence-electron chi connectivity index (χ2n) is 6.55. The van der Waals surface area contributed by atoms with Crippen LogP contribution in [0.4, 0.5) is 0 Å². The maximum Gasteiger partial charge on any atom is 0.233 e. The van der Waals surface area contributed by atoms with Crippen LogP contribution in [0.5, 0.6) is 0 Å². The van der Waals surface area contributed by atoms with Crippen molar-refractivity contribution in [1.82, 2.24) is 14.7 Å². The first-order valence-corrected chi connectivity index (χ1v) is 10.8. The molecule has 1 aromatic carbocycles. The van der Waals surface area contributed by atoms with Crippen LogP contribution in [-0.2, 0) is 4.79 Å². The predicted octanol–water partition coefficient (Wildman–Crippen LogP) is 4.85. The van der Waals surface area contributed by atoms with Crippen LogP contribution in [0.1, 0.15) is 38.7 Å². The Morgan fingerprint density at radius 1 is 1.32 bits per heavy atom. The third-order valence-corrected chi connectivity index (χ3v) is 7.02. The minimum atomic E-state index is 0.202. The van der Waals surface area contributed by atoms with Crippen molar-refractivity contribution in [2.45, 2.75) is 56.5 Å². The molecule has 0 spiro atoms. The SMILES string of the molecule is Cc1ccccc1-n1nc(SCC(=O)N2[C@H](C)CCC[C@@H]2C)sc1=S.